The Balaban J connectivity index is 1.77. The van der Waals surface area contributed by atoms with E-state index in [1.165, 1.54) is 5.56 Å². The number of imidazole rings is 1. The van der Waals surface area contributed by atoms with Gasteiger partial charge in [-0.1, -0.05) is 6.07 Å². The molecular formula is C14H19N3O. The summed E-state index contributed by atoms with van der Waals surface area (Å²) in [6, 6.07) is 4.13. The molecule has 4 heteroatoms. The first kappa shape index (κ1) is 11.7. The third kappa shape index (κ3) is 2.26. The highest BCUT2D eigenvalue weighted by molar-refractivity contribution is 5.47. The van der Waals surface area contributed by atoms with Gasteiger partial charge in [-0.05, 0) is 31.4 Å². The third-order valence-electron chi connectivity index (χ3n) is 3.67. The second-order valence-electron chi connectivity index (χ2n) is 5.16. The number of aliphatic hydroxyl groups is 1. The number of likely N-dealkylation sites (tertiary alicyclic amines) is 1. The van der Waals surface area contributed by atoms with Gasteiger partial charge in [-0.2, -0.15) is 0 Å². The van der Waals surface area contributed by atoms with Gasteiger partial charge in [0.25, 0.3) is 0 Å². The van der Waals surface area contributed by atoms with Crippen LogP contribution in [0, 0.1) is 6.92 Å². The molecule has 0 atom stereocenters. The highest BCUT2D eigenvalue weighted by Gasteiger charge is 2.17. The summed E-state index contributed by atoms with van der Waals surface area (Å²) in [5.74, 6) is 0. The lowest BCUT2D eigenvalue weighted by atomic mass is 10.1. The lowest BCUT2D eigenvalue weighted by Gasteiger charge is -2.28. The van der Waals surface area contributed by atoms with Gasteiger partial charge in [0.2, 0.25) is 0 Å². The maximum atomic E-state index is 9.50. The van der Waals surface area contributed by atoms with Crippen LogP contribution < -0.4 is 0 Å². The molecule has 0 spiro atoms. The van der Waals surface area contributed by atoms with Gasteiger partial charge in [-0.15, -0.1) is 0 Å². The predicted molar refractivity (Wildman–Crippen MR) is 70.4 cm³/mol. The topological polar surface area (TPSA) is 40.8 Å². The van der Waals surface area contributed by atoms with E-state index in [4.69, 9.17) is 0 Å². The second kappa shape index (κ2) is 4.71. The van der Waals surface area contributed by atoms with E-state index in [0.29, 0.717) is 0 Å². The molecule has 0 bridgehead atoms. The minimum Gasteiger partial charge on any atom is -0.393 e. The Hall–Kier alpha value is -1.39. The van der Waals surface area contributed by atoms with E-state index in [-0.39, 0.29) is 6.10 Å². The molecule has 96 valence electrons. The van der Waals surface area contributed by atoms with Crippen LogP contribution in [0.2, 0.25) is 0 Å². The zero-order valence-electron chi connectivity index (χ0n) is 10.7. The maximum absolute atomic E-state index is 9.50. The molecule has 0 unspecified atom stereocenters. The summed E-state index contributed by atoms with van der Waals surface area (Å²) < 4.78 is 2.09. The van der Waals surface area contributed by atoms with Crippen molar-refractivity contribution in [1.29, 1.82) is 0 Å². The van der Waals surface area contributed by atoms with Crippen LogP contribution in [0.15, 0.2) is 24.5 Å². The number of aromatic nitrogens is 2. The number of aliphatic hydroxyl groups excluding tert-OH is 1. The molecule has 1 saturated heterocycles. The summed E-state index contributed by atoms with van der Waals surface area (Å²) in [5.41, 5.74) is 3.36. The summed E-state index contributed by atoms with van der Waals surface area (Å²) in [5, 5.41) is 9.50. The molecule has 3 heterocycles. The summed E-state index contributed by atoms with van der Waals surface area (Å²) in [4.78, 5) is 7.05. The molecule has 0 amide bonds. The summed E-state index contributed by atoms with van der Waals surface area (Å²) >= 11 is 0. The number of nitrogens with zero attached hydrogens (tertiary/aromatic N) is 3. The van der Waals surface area contributed by atoms with Crippen LogP contribution in [-0.4, -0.2) is 38.6 Å². The molecule has 2 aromatic heterocycles. The van der Waals surface area contributed by atoms with Gasteiger partial charge in [0, 0.05) is 32.0 Å². The van der Waals surface area contributed by atoms with E-state index in [2.05, 4.69) is 33.5 Å². The van der Waals surface area contributed by atoms with Crippen molar-refractivity contribution >= 4 is 5.65 Å². The number of piperidine rings is 1. The van der Waals surface area contributed by atoms with Crippen LogP contribution in [-0.2, 0) is 6.54 Å². The fraction of sp³-hybridized carbons (Fsp3) is 0.500. The molecule has 0 aliphatic carbocycles. The molecule has 1 aliphatic heterocycles. The minimum atomic E-state index is -0.107. The zero-order chi connectivity index (χ0) is 12.5. The number of rotatable bonds is 2. The molecule has 18 heavy (non-hydrogen) atoms. The van der Waals surface area contributed by atoms with Crippen molar-refractivity contribution < 1.29 is 5.11 Å². The van der Waals surface area contributed by atoms with Crippen LogP contribution in [0.1, 0.15) is 24.1 Å². The average Bonchev–Trinajstić information content (AvgIpc) is 2.76. The van der Waals surface area contributed by atoms with Crippen molar-refractivity contribution in [2.45, 2.75) is 32.4 Å². The molecule has 1 fully saturated rings. The smallest absolute Gasteiger partial charge is 0.139 e. The highest BCUT2D eigenvalue weighted by Crippen LogP contribution is 2.15. The average molecular weight is 245 g/mol. The molecule has 3 rings (SSSR count). The van der Waals surface area contributed by atoms with E-state index in [1.807, 2.05) is 12.3 Å². The van der Waals surface area contributed by atoms with Gasteiger partial charge in [0.05, 0.1) is 11.8 Å². The summed E-state index contributed by atoms with van der Waals surface area (Å²) in [6.45, 7) is 4.90. The first-order valence-electron chi connectivity index (χ1n) is 6.56. The van der Waals surface area contributed by atoms with Crippen molar-refractivity contribution in [3.8, 4) is 0 Å². The quantitative estimate of drug-likeness (QED) is 0.873. The number of pyridine rings is 1. The van der Waals surface area contributed by atoms with Crippen LogP contribution in [0.25, 0.3) is 5.65 Å². The normalized spacial score (nSPS) is 18.6. The standard InChI is InChI=1S/C14H19N3O/c1-11-3-2-6-17-10-12(15-14(11)17)9-16-7-4-13(18)5-8-16/h2-3,6,10,13,18H,4-5,7-9H2,1H3. The number of hydrogen-bond acceptors (Lipinski definition) is 3. The lowest BCUT2D eigenvalue weighted by Crippen LogP contribution is -2.35. The van der Waals surface area contributed by atoms with E-state index in [9.17, 15) is 5.11 Å². The minimum absolute atomic E-state index is 0.107. The third-order valence-corrected chi connectivity index (χ3v) is 3.67. The van der Waals surface area contributed by atoms with Gasteiger partial charge in [0.1, 0.15) is 5.65 Å². The van der Waals surface area contributed by atoms with Gasteiger partial charge in [-0.25, -0.2) is 4.98 Å². The zero-order valence-corrected chi connectivity index (χ0v) is 10.7. The molecule has 0 saturated carbocycles. The van der Waals surface area contributed by atoms with Gasteiger partial charge in [-0.3, -0.25) is 4.90 Å². The second-order valence-corrected chi connectivity index (χ2v) is 5.16. The van der Waals surface area contributed by atoms with E-state index < -0.39 is 0 Å². The Morgan fingerprint density at radius 2 is 2.17 bits per heavy atom. The Kier molecular flexibility index (Phi) is 3.06. The van der Waals surface area contributed by atoms with Crippen molar-refractivity contribution in [1.82, 2.24) is 14.3 Å². The van der Waals surface area contributed by atoms with Gasteiger partial charge >= 0.3 is 0 Å². The highest BCUT2D eigenvalue weighted by atomic mass is 16.3. The fourth-order valence-electron chi connectivity index (χ4n) is 2.59. The van der Waals surface area contributed by atoms with Crippen LogP contribution in [0.3, 0.4) is 0 Å². The monoisotopic (exact) mass is 245 g/mol. The molecule has 0 aromatic carbocycles. The molecule has 1 aliphatic rings. The fourth-order valence-corrected chi connectivity index (χ4v) is 2.59. The number of hydrogen-bond donors (Lipinski definition) is 1. The lowest BCUT2D eigenvalue weighted by molar-refractivity contribution is 0.0787. The van der Waals surface area contributed by atoms with Gasteiger partial charge < -0.3 is 9.51 Å². The van der Waals surface area contributed by atoms with Crippen molar-refractivity contribution in [2.75, 3.05) is 13.1 Å². The summed E-state index contributed by atoms with van der Waals surface area (Å²) in [7, 11) is 0. The van der Waals surface area contributed by atoms with Crippen LogP contribution >= 0.6 is 0 Å². The first-order chi connectivity index (χ1) is 8.72. The van der Waals surface area contributed by atoms with E-state index in [1.54, 1.807) is 0 Å². The Morgan fingerprint density at radius 1 is 1.39 bits per heavy atom. The molecule has 1 N–H and O–H groups in total. The summed E-state index contributed by atoms with van der Waals surface area (Å²) in [6.07, 6.45) is 5.80. The molecule has 0 radical (unpaired) electrons. The largest absolute Gasteiger partial charge is 0.393 e. The Morgan fingerprint density at radius 3 is 2.89 bits per heavy atom. The predicted octanol–water partition coefficient (Wildman–Crippen LogP) is 1.60. The maximum Gasteiger partial charge on any atom is 0.139 e. The van der Waals surface area contributed by atoms with E-state index in [0.717, 1.165) is 43.8 Å². The van der Waals surface area contributed by atoms with Crippen molar-refractivity contribution in [3.05, 3.63) is 35.8 Å². The molecule has 4 nitrogen and oxygen atoms in total. The molecule has 2 aromatic rings. The van der Waals surface area contributed by atoms with Crippen molar-refractivity contribution in [2.24, 2.45) is 0 Å². The Bertz CT molecular complexity index is 541. The first-order valence-corrected chi connectivity index (χ1v) is 6.56. The van der Waals surface area contributed by atoms with Gasteiger partial charge in [0.15, 0.2) is 0 Å². The van der Waals surface area contributed by atoms with Crippen molar-refractivity contribution in [3.63, 3.8) is 0 Å². The van der Waals surface area contributed by atoms with Crippen LogP contribution in [0.5, 0.6) is 0 Å². The van der Waals surface area contributed by atoms with Crippen LogP contribution in [0.4, 0.5) is 0 Å². The number of aryl methyl sites for hydroxylation is 1. The van der Waals surface area contributed by atoms with E-state index >= 15 is 0 Å². The number of fused-ring (bicyclic) bond motifs is 1. The SMILES string of the molecule is Cc1cccn2cc(CN3CCC(O)CC3)nc12. The Labute approximate surface area is 107 Å². The molecular weight excluding hydrogens is 226 g/mol.